The van der Waals surface area contributed by atoms with E-state index in [9.17, 15) is 0 Å². The Bertz CT molecular complexity index is 610. The van der Waals surface area contributed by atoms with Crippen LogP contribution in [0, 0.1) is 0 Å². The number of likely N-dealkylation sites (N-methyl/N-ethyl adjacent to an activating group) is 1. The van der Waals surface area contributed by atoms with Crippen molar-refractivity contribution in [2.24, 2.45) is 0 Å². The molecule has 1 fully saturated rings. The number of piperazine rings is 1. The van der Waals surface area contributed by atoms with E-state index in [1.54, 1.807) is 0 Å². The molecule has 0 amide bonds. The minimum atomic E-state index is 0.587. The van der Waals surface area contributed by atoms with Crippen LogP contribution in [0.25, 0.3) is 0 Å². The highest BCUT2D eigenvalue weighted by atomic mass is 79.9. The third-order valence-electron chi connectivity index (χ3n) is 4.02. The van der Waals surface area contributed by atoms with Crippen LogP contribution in [0.3, 0.4) is 0 Å². The number of benzene rings is 2. The van der Waals surface area contributed by atoms with Gasteiger partial charge < -0.3 is 14.5 Å². The van der Waals surface area contributed by atoms with Crippen molar-refractivity contribution in [2.75, 3.05) is 38.1 Å². The van der Waals surface area contributed by atoms with Crippen LogP contribution in [-0.4, -0.2) is 38.1 Å². The third-order valence-corrected chi connectivity index (χ3v) is 4.64. The molecule has 3 rings (SSSR count). The highest BCUT2D eigenvalue weighted by molar-refractivity contribution is 9.10. The van der Waals surface area contributed by atoms with Gasteiger partial charge in [0, 0.05) is 26.2 Å². The van der Waals surface area contributed by atoms with Gasteiger partial charge in [-0.15, -0.1) is 0 Å². The molecule has 0 aliphatic carbocycles. The lowest BCUT2D eigenvalue weighted by molar-refractivity contribution is 0.295. The van der Waals surface area contributed by atoms with Crippen molar-refractivity contribution < 1.29 is 4.74 Å². The monoisotopic (exact) mass is 360 g/mol. The molecule has 4 heteroatoms. The van der Waals surface area contributed by atoms with Gasteiger partial charge in [-0.3, -0.25) is 0 Å². The summed E-state index contributed by atoms with van der Waals surface area (Å²) in [5.41, 5.74) is 2.36. The van der Waals surface area contributed by atoms with Crippen molar-refractivity contribution >= 4 is 21.6 Å². The zero-order valence-electron chi connectivity index (χ0n) is 12.8. The van der Waals surface area contributed by atoms with Crippen LogP contribution in [0.1, 0.15) is 5.56 Å². The van der Waals surface area contributed by atoms with Crippen LogP contribution >= 0.6 is 15.9 Å². The summed E-state index contributed by atoms with van der Waals surface area (Å²) in [6.45, 7) is 4.84. The molecule has 116 valence electrons. The first-order valence-corrected chi connectivity index (χ1v) is 8.42. The second-order valence-electron chi connectivity index (χ2n) is 5.65. The van der Waals surface area contributed by atoms with E-state index in [-0.39, 0.29) is 0 Å². The third kappa shape index (κ3) is 3.62. The number of hydrogen-bond acceptors (Lipinski definition) is 3. The SMILES string of the molecule is CN1CCN(c2cccc(Br)c2OCc2ccccc2)CC1. The lowest BCUT2D eigenvalue weighted by atomic mass is 10.2. The molecule has 0 aromatic heterocycles. The molecular weight excluding hydrogens is 340 g/mol. The molecule has 3 nitrogen and oxygen atoms in total. The average molecular weight is 361 g/mol. The van der Waals surface area contributed by atoms with Gasteiger partial charge in [-0.1, -0.05) is 36.4 Å². The number of nitrogens with zero attached hydrogens (tertiary/aromatic N) is 2. The maximum absolute atomic E-state index is 6.13. The van der Waals surface area contributed by atoms with E-state index >= 15 is 0 Å². The van der Waals surface area contributed by atoms with E-state index in [4.69, 9.17) is 4.74 Å². The van der Waals surface area contributed by atoms with Crippen LogP contribution in [-0.2, 0) is 6.61 Å². The van der Waals surface area contributed by atoms with Crippen molar-refractivity contribution in [1.29, 1.82) is 0 Å². The zero-order valence-corrected chi connectivity index (χ0v) is 14.4. The van der Waals surface area contributed by atoms with E-state index in [0.29, 0.717) is 6.61 Å². The Morgan fingerprint density at radius 2 is 1.68 bits per heavy atom. The smallest absolute Gasteiger partial charge is 0.157 e. The molecule has 0 N–H and O–H groups in total. The maximum atomic E-state index is 6.13. The molecule has 0 atom stereocenters. The van der Waals surface area contributed by atoms with Crippen molar-refractivity contribution in [1.82, 2.24) is 4.90 Å². The lowest BCUT2D eigenvalue weighted by Gasteiger charge is -2.35. The first kappa shape index (κ1) is 15.4. The van der Waals surface area contributed by atoms with Crippen LogP contribution in [0.5, 0.6) is 5.75 Å². The van der Waals surface area contributed by atoms with Crippen LogP contribution in [0.15, 0.2) is 53.0 Å². The molecule has 0 radical (unpaired) electrons. The largest absolute Gasteiger partial charge is 0.486 e. The average Bonchev–Trinajstić information content (AvgIpc) is 2.55. The summed E-state index contributed by atoms with van der Waals surface area (Å²) < 4.78 is 7.15. The van der Waals surface area contributed by atoms with Crippen molar-refractivity contribution in [3.8, 4) is 5.75 Å². The fourth-order valence-corrected chi connectivity index (χ4v) is 3.14. The van der Waals surface area contributed by atoms with Gasteiger partial charge in [0.15, 0.2) is 5.75 Å². The molecule has 0 bridgehead atoms. The number of para-hydroxylation sites is 1. The van der Waals surface area contributed by atoms with Crippen molar-refractivity contribution in [3.05, 3.63) is 58.6 Å². The number of ether oxygens (including phenoxy) is 1. The van der Waals surface area contributed by atoms with Gasteiger partial charge in [0.2, 0.25) is 0 Å². The zero-order chi connectivity index (χ0) is 15.4. The number of halogens is 1. The predicted molar refractivity (Wildman–Crippen MR) is 94.6 cm³/mol. The Hall–Kier alpha value is -1.52. The molecule has 0 saturated carbocycles. The number of rotatable bonds is 4. The van der Waals surface area contributed by atoms with Gasteiger partial charge in [0.25, 0.3) is 0 Å². The Kier molecular flexibility index (Phi) is 5.01. The Labute approximate surface area is 140 Å². The highest BCUT2D eigenvalue weighted by Crippen LogP contribution is 2.36. The molecule has 22 heavy (non-hydrogen) atoms. The van der Waals surface area contributed by atoms with E-state index in [1.807, 2.05) is 24.3 Å². The fourth-order valence-electron chi connectivity index (χ4n) is 2.67. The second-order valence-corrected chi connectivity index (χ2v) is 6.51. The molecule has 1 saturated heterocycles. The Balaban J connectivity index is 1.78. The molecular formula is C18H21BrN2O. The molecule has 1 aliphatic heterocycles. The summed E-state index contributed by atoms with van der Waals surface area (Å²) in [6, 6.07) is 16.6. The minimum Gasteiger partial charge on any atom is -0.486 e. The predicted octanol–water partition coefficient (Wildman–Crippen LogP) is 3.78. The highest BCUT2D eigenvalue weighted by Gasteiger charge is 2.19. The standard InChI is InChI=1S/C18H21BrN2O/c1-20-10-12-21(13-11-20)17-9-5-8-16(19)18(17)22-14-15-6-3-2-4-7-15/h2-9H,10-14H2,1H3. The number of anilines is 1. The summed E-state index contributed by atoms with van der Waals surface area (Å²) in [4.78, 5) is 4.77. The minimum absolute atomic E-state index is 0.587. The normalized spacial score (nSPS) is 15.8. The molecule has 1 aliphatic rings. The lowest BCUT2D eigenvalue weighted by Crippen LogP contribution is -2.44. The molecule has 2 aromatic carbocycles. The van der Waals surface area contributed by atoms with E-state index < -0.39 is 0 Å². The van der Waals surface area contributed by atoms with Crippen LogP contribution in [0.4, 0.5) is 5.69 Å². The van der Waals surface area contributed by atoms with Gasteiger partial charge in [0.05, 0.1) is 10.2 Å². The molecule has 1 heterocycles. The first-order valence-electron chi connectivity index (χ1n) is 7.63. The Morgan fingerprint density at radius 3 is 2.41 bits per heavy atom. The van der Waals surface area contributed by atoms with E-state index in [2.05, 4.69) is 57.0 Å². The summed E-state index contributed by atoms with van der Waals surface area (Å²) >= 11 is 3.64. The van der Waals surface area contributed by atoms with E-state index in [1.165, 1.54) is 11.3 Å². The van der Waals surface area contributed by atoms with E-state index in [0.717, 1.165) is 36.4 Å². The van der Waals surface area contributed by atoms with Gasteiger partial charge in [0.1, 0.15) is 6.61 Å². The summed E-state index contributed by atoms with van der Waals surface area (Å²) in [5.74, 6) is 0.941. The van der Waals surface area contributed by atoms with Crippen LogP contribution in [0.2, 0.25) is 0 Å². The molecule has 0 spiro atoms. The quantitative estimate of drug-likeness (QED) is 0.824. The maximum Gasteiger partial charge on any atom is 0.157 e. The molecule has 0 unspecified atom stereocenters. The van der Waals surface area contributed by atoms with Crippen molar-refractivity contribution in [3.63, 3.8) is 0 Å². The van der Waals surface area contributed by atoms with Gasteiger partial charge in [-0.05, 0) is 40.7 Å². The van der Waals surface area contributed by atoms with Gasteiger partial charge in [-0.25, -0.2) is 0 Å². The number of hydrogen-bond donors (Lipinski definition) is 0. The Morgan fingerprint density at radius 1 is 0.955 bits per heavy atom. The molecule has 2 aromatic rings. The first-order chi connectivity index (χ1) is 10.7. The second kappa shape index (κ2) is 7.16. The topological polar surface area (TPSA) is 15.7 Å². The summed E-state index contributed by atoms with van der Waals surface area (Å²) in [5, 5.41) is 0. The van der Waals surface area contributed by atoms with Gasteiger partial charge >= 0.3 is 0 Å². The van der Waals surface area contributed by atoms with Crippen LogP contribution < -0.4 is 9.64 Å². The fraction of sp³-hybridized carbons (Fsp3) is 0.333. The summed E-state index contributed by atoms with van der Waals surface area (Å²) in [7, 11) is 2.17. The van der Waals surface area contributed by atoms with Crippen molar-refractivity contribution in [2.45, 2.75) is 6.61 Å². The van der Waals surface area contributed by atoms with Gasteiger partial charge in [-0.2, -0.15) is 0 Å². The summed E-state index contributed by atoms with van der Waals surface area (Å²) in [6.07, 6.45) is 0.